The fourth-order valence-corrected chi connectivity index (χ4v) is 4.23. The number of benzene rings is 2. The van der Waals surface area contributed by atoms with Crippen molar-refractivity contribution in [2.45, 2.75) is 24.2 Å². The molecule has 0 saturated heterocycles. The van der Waals surface area contributed by atoms with Crippen LogP contribution >= 0.6 is 0 Å². The van der Waals surface area contributed by atoms with E-state index >= 15 is 0 Å². The van der Waals surface area contributed by atoms with Crippen molar-refractivity contribution in [3.63, 3.8) is 0 Å². The Bertz CT molecular complexity index is 1010. The lowest BCUT2D eigenvalue weighted by Gasteiger charge is -2.10. The molecule has 0 atom stereocenters. The number of rotatable bonds is 3. The van der Waals surface area contributed by atoms with Gasteiger partial charge in [0, 0.05) is 7.05 Å². The number of aryl methyl sites for hydroxylation is 3. The maximum absolute atomic E-state index is 12.6. The molecule has 0 bridgehead atoms. The van der Waals surface area contributed by atoms with Gasteiger partial charge in [0.15, 0.2) is 0 Å². The molecule has 23 heavy (non-hydrogen) atoms. The summed E-state index contributed by atoms with van der Waals surface area (Å²) in [5.74, 6) is 0. The van der Waals surface area contributed by atoms with Crippen molar-refractivity contribution in [1.82, 2.24) is 9.55 Å². The fraction of sp³-hybridized carbons (Fsp3) is 0.235. The van der Waals surface area contributed by atoms with Crippen LogP contribution in [-0.4, -0.2) is 18.0 Å². The smallest absolute Gasteiger partial charge is 0.261 e. The summed E-state index contributed by atoms with van der Waals surface area (Å²) in [5, 5.41) is 0. The monoisotopic (exact) mass is 327 g/mol. The lowest BCUT2D eigenvalue weighted by molar-refractivity contribution is 0.601. The third kappa shape index (κ3) is 2.49. The Kier molecular flexibility index (Phi) is 3.16. The van der Waals surface area contributed by atoms with Crippen LogP contribution in [0.25, 0.3) is 11.0 Å². The SMILES string of the molecule is Cn1cnc2cc(NS(=O)(=O)c3ccc4c(c3)CCC4)ccc21. The Morgan fingerprint density at radius 3 is 2.78 bits per heavy atom. The predicted octanol–water partition coefficient (Wildman–Crippen LogP) is 2.86. The highest BCUT2D eigenvalue weighted by atomic mass is 32.2. The van der Waals surface area contributed by atoms with E-state index in [1.807, 2.05) is 23.7 Å². The van der Waals surface area contributed by atoms with E-state index in [-0.39, 0.29) is 0 Å². The largest absolute Gasteiger partial charge is 0.334 e. The first-order valence-corrected chi connectivity index (χ1v) is 9.07. The van der Waals surface area contributed by atoms with Crippen molar-refractivity contribution >= 4 is 26.7 Å². The number of fused-ring (bicyclic) bond motifs is 2. The van der Waals surface area contributed by atoms with Crippen LogP contribution in [0.3, 0.4) is 0 Å². The molecule has 1 aromatic heterocycles. The first-order chi connectivity index (χ1) is 11.0. The van der Waals surface area contributed by atoms with Crippen molar-refractivity contribution in [3.8, 4) is 0 Å². The zero-order valence-electron chi connectivity index (χ0n) is 12.8. The molecule has 2 aromatic carbocycles. The van der Waals surface area contributed by atoms with Gasteiger partial charge in [0.2, 0.25) is 0 Å². The van der Waals surface area contributed by atoms with Crippen LogP contribution in [0.15, 0.2) is 47.6 Å². The minimum Gasteiger partial charge on any atom is -0.334 e. The molecule has 0 fully saturated rings. The summed E-state index contributed by atoms with van der Waals surface area (Å²) in [6.45, 7) is 0. The van der Waals surface area contributed by atoms with Gasteiger partial charge in [-0.15, -0.1) is 0 Å². The standard InChI is InChI=1S/C17H17N3O2S/c1-20-11-18-16-10-14(6-8-17(16)20)19-23(21,22)15-7-5-12-3-2-4-13(12)9-15/h5-11,19H,2-4H2,1H3. The summed E-state index contributed by atoms with van der Waals surface area (Å²) in [7, 11) is -1.67. The molecule has 4 rings (SSSR count). The summed E-state index contributed by atoms with van der Waals surface area (Å²) in [4.78, 5) is 4.58. The molecule has 6 heteroatoms. The van der Waals surface area contributed by atoms with E-state index in [9.17, 15) is 8.42 Å². The molecular formula is C17H17N3O2S. The summed E-state index contributed by atoms with van der Waals surface area (Å²) >= 11 is 0. The zero-order valence-corrected chi connectivity index (χ0v) is 13.6. The maximum atomic E-state index is 12.6. The molecule has 118 valence electrons. The second kappa shape index (κ2) is 5.09. The number of imidazole rings is 1. The average molecular weight is 327 g/mol. The minimum absolute atomic E-state index is 0.319. The Morgan fingerprint density at radius 2 is 1.91 bits per heavy atom. The summed E-state index contributed by atoms with van der Waals surface area (Å²) in [6.07, 6.45) is 4.81. The molecular weight excluding hydrogens is 310 g/mol. The lowest BCUT2D eigenvalue weighted by Crippen LogP contribution is -2.13. The number of nitrogens with zero attached hydrogens (tertiary/aromatic N) is 2. The van der Waals surface area contributed by atoms with Gasteiger partial charge in [-0.3, -0.25) is 4.72 Å². The average Bonchev–Trinajstić information content (AvgIpc) is 3.13. The third-order valence-electron chi connectivity index (χ3n) is 4.36. The second-order valence-electron chi connectivity index (χ2n) is 5.95. The maximum Gasteiger partial charge on any atom is 0.261 e. The predicted molar refractivity (Wildman–Crippen MR) is 90.0 cm³/mol. The Hall–Kier alpha value is -2.34. The lowest BCUT2D eigenvalue weighted by atomic mass is 10.1. The van der Waals surface area contributed by atoms with Gasteiger partial charge in [-0.25, -0.2) is 13.4 Å². The molecule has 0 amide bonds. The van der Waals surface area contributed by atoms with Crippen LogP contribution in [-0.2, 0) is 29.9 Å². The van der Waals surface area contributed by atoms with Crippen molar-refractivity contribution in [3.05, 3.63) is 53.9 Å². The van der Waals surface area contributed by atoms with Crippen LogP contribution in [0.4, 0.5) is 5.69 Å². The molecule has 1 heterocycles. The molecule has 1 N–H and O–H groups in total. The molecule has 1 aliphatic rings. The van der Waals surface area contributed by atoms with E-state index in [0.29, 0.717) is 10.6 Å². The molecule has 3 aromatic rings. The first kappa shape index (κ1) is 14.3. The summed E-state index contributed by atoms with van der Waals surface area (Å²) in [6, 6.07) is 10.8. The highest BCUT2D eigenvalue weighted by Gasteiger charge is 2.18. The second-order valence-corrected chi connectivity index (χ2v) is 7.63. The van der Waals surface area contributed by atoms with Gasteiger partial charge in [-0.05, 0) is 60.7 Å². The minimum atomic E-state index is -3.58. The van der Waals surface area contributed by atoms with Gasteiger partial charge in [0.05, 0.1) is 27.9 Å². The molecule has 0 saturated carbocycles. The van der Waals surface area contributed by atoms with E-state index < -0.39 is 10.0 Å². The van der Waals surface area contributed by atoms with Gasteiger partial charge >= 0.3 is 0 Å². The molecule has 5 nitrogen and oxygen atoms in total. The van der Waals surface area contributed by atoms with Crippen molar-refractivity contribution in [2.24, 2.45) is 7.05 Å². The number of hydrogen-bond donors (Lipinski definition) is 1. The topological polar surface area (TPSA) is 64.0 Å². The Morgan fingerprint density at radius 1 is 1.09 bits per heavy atom. The van der Waals surface area contributed by atoms with Gasteiger partial charge in [0.25, 0.3) is 10.0 Å². The van der Waals surface area contributed by atoms with Crippen LogP contribution in [0.5, 0.6) is 0 Å². The zero-order chi connectivity index (χ0) is 16.0. The van der Waals surface area contributed by atoms with E-state index in [1.54, 1.807) is 30.6 Å². The van der Waals surface area contributed by atoms with Crippen LogP contribution < -0.4 is 4.72 Å². The van der Waals surface area contributed by atoms with E-state index in [1.165, 1.54) is 5.56 Å². The normalized spacial score (nSPS) is 14.1. The van der Waals surface area contributed by atoms with Gasteiger partial charge in [-0.1, -0.05) is 6.07 Å². The van der Waals surface area contributed by atoms with E-state index in [4.69, 9.17) is 0 Å². The van der Waals surface area contributed by atoms with Gasteiger partial charge < -0.3 is 4.57 Å². The van der Waals surface area contributed by atoms with Crippen LogP contribution in [0, 0.1) is 0 Å². The van der Waals surface area contributed by atoms with Gasteiger partial charge in [-0.2, -0.15) is 0 Å². The number of hydrogen-bond acceptors (Lipinski definition) is 3. The fourth-order valence-electron chi connectivity index (χ4n) is 3.13. The van der Waals surface area contributed by atoms with Crippen LogP contribution in [0.2, 0.25) is 0 Å². The number of aromatic nitrogens is 2. The van der Waals surface area contributed by atoms with Crippen molar-refractivity contribution in [1.29, 1.82) is 0 Å². The molecule has 0 spiro atoms. The number of nitrogens with one attached hydrogen (secondary N) is 1. The van der Waals surface area contributed by atoms with E-state index in [2.05, 4.69) is 9.71 Å². The van der Waals surface area contributed by atoms with Crippen molar-refractivity contribution < 1.29 is 8.42 Å². The molecule has 0 unspecified atom stereocenters. The molecule has 0 aliphatic heterocycles. The number of anilines is 1. The quantitative estimate of drug-likeness (QED) is 0.804. The van der Waals surface area contributed by atoms with Crippen molar-refractivity contribution in [2.75, 3.05) is 4.72 Å². The molecule has 1 aliphatic carbocycles. The van der Waals surface area contributed by atoms with Gasteiger partial charge in [0.1, 0.15) is 0 Å². The Balaban J connectivity index is 1.68. The van der Waals surface area contributed by atoms with Crippen LogP contribution in [0.1, 0.15) is 17.5 Å². The summed E-state index contributed by atoms with van der Waals surface area (Å²) < 4.78 is 29.8. The highest BCUT2D eigenvalue weighted by Crippen LogP contribution is 2.26. The van der Waals surface area contributed by atoms with E-state index in [0.717, 1.165) is 35.9 Å². The summed E-state index contributed by atoms with van der Waals surface area (Å²) in [5.41, 5.74) is 4.66. The molecule has 0 radical (unpaired) electrons. The highest BCUT2D eigenvalue weighted by molar-refractivity contribution is 7.92. The number of sulfonamides is 1. The Labute approximate surface area is 135 Å². The third-order valence-corrected chi connectivity index (χ3v) is 5.74. The first-order valence-electron chi connectivity index (χ1n) is 7.59.